The Hall–Kier alpha value is -1.84. The van der Waals surface area contributed by atoms with E-state index >= 15 is 0 Å². The highest BCUT2D eigenvalue weighted by Crippen LogP contribution is 2.37. The molecule has 1 atom stereocenters. The molecule has 1 aliphatic heterocycles. The van der Waals surface area contributed by atoms with E-state index in [0.717, 1.165) is 5.56 Å². The lowest BCUT2D eigenvalue weighted by Gasteiger charge is -2.29. The topological polar surface area (TPSA) is 46.6 Å². The standard InChI is InChI=1S/C17H23NO3/c1-16(2,3)21-15(20)17(10-11-18(4)14(17)19)12-13-8-6-5-7-9-13/h5-9H,10-12H2,1-4H3. The van der Waals surface area contributed by atoms with Crippen LogP contribution >= 0.6 is 0 Å². The zero-order chi connectivity index (χ0) is 15.7. The number of carbonyl (C=O) groups excluding carboxylic acids is 2. The molecular formula is C17H23NO3. The number of amides is 1. The Morgan fingerprint density at radius 2 is 1.90 bits per heavy atom. The van der Waals surface area contributed by atoms with Crippen molar-refractivity contribution in [2.75, 3.05) is 13.6 Å². The highest BCUT2D eigenvalue weighted by atomic mass is 16.6. The van der Waals surface area contributed by atoms with E-state index in [2.05, 4.69) is 0 Å². The second kappa shape index (κ2) is 5.51. The van der Waals surface area contributed by atoms with Crippen molar-refractivity contribution in [3.8, 4) is 0 Å². The van der Waals surface area contributed by atoms with Gasteiger partial charge in [0.15, 0.2) is 5.41 Å². The SMILES string of the molecule is CN1CCC(Cc2ccccc2)(C(=O)OC(C)(C)C)C1=O. The second-order valence-corrected chi connectivity index (χ2v) is 6.72. The summed E-state index contributed by atoms with van der Waals surface area (Å²) in [5, 5.41) is 0. The van der Waals surface area contributed by atoms with E-state index in [4.69, 9.17) is 4.74 Å². The number of rotatable bonds is 3. The van der Waals surface area contributed by atoms with E-state index in [-0.39, 0.29) is 5.91 Å². The largest absolute Gasteiger partial charge is 0.459 e. The predicted octanol–water partition coefficient (Wildman–Crippen LogP) is 2.42. The number of likely N-dealkylation sites (tertiary alicyclic amines) is 1. The molecule has 0 aliphatic carbocycles. The lowest BCUT2D eigenvalue weighted by atomic mass is 9.80. The Bertz CT molecular complexity index is 533. The van der Waals surface area contributed by atoms with Crippen LogP contribution in [0.2, 0.25) is 0 Å². The first-order valence-electron chi connectivity index (χ1n) is 7.27. The number of esters is 1. The third-order valence-corrected chi connectivity index (χ3v) is 3.77. The van der Waals surface area contributed by atoms with Crippen LogP contribution in [0.4, 0.5) is 0 Å². The fourth-order valence-electron chi connectivity index (χ4n) is 2.68. The van der Waals surface area contributed by atoms with Gasteiger partial charge < -0.3 is 9.64 Å². The van der Waals surface area contributed by atoms with Gasteiger partial charge in [-0.1, -0.05) is 30.3 Å². The molecule has 1 aromatic carbocycles. The van der Waals surface area contributed by atoms with Crippen molar-refractivity contribution in [3.63, 3.8) is 0 Å². The first kappa shape index (κ1) is 15.5. The molecule has 1 fully saturated rings. The molecule has 114 valence electrons. The highest BCUT2D eigenvalue weighted by molar-refractivity contribution is 6.04. The van der Waals surface area contributed by atoms with Crippen molar-refractivity contribution < 1.29 is 14.3 Å². The van der Waals surface area contributed by atoms with Crippen LogP contribution in [0.3, 0.4) is 0 Å². The molecule has 0 N–H and O–H groups in total. The van der Waals surface area contributed by atoms with Gasteiger partial charge in [-0.05, 0) is 39.2 Å². The minimum atomic E-state index is -1.08. The molecule has 0 spiro atoms. The predicted molar refractivity (Wildman–Crippen MR) is 80.7 cm³/mol. The Balaban J connectivity index is 2.32. The smallest absolute Gasteiger partial charge is 0.322 e. The van der Waals surface area contributed by atoms with Crippen molar-refractivity contribution in [2.45, 2.75) is 39.2 Å². The third kappa shape index (κ3) is 3.26. The van der Waals surface area contributed by atoms with E-state index in [9.17, 15) is 9.59 Å². The molecule has 1 aromatic rings. The summed E-state index contributed by atoms with van der Waals surface area (Å²) in [7, 11) is 1.74. The molecule has 1 amide bonds. The summed E-state index contributed by atoms with van der Waals surface area (Å²) in [4.78, 5) is 26.9. The molecule has 0 bridgehead atoms. The minimum Gasteiger partial charge on any atom is -0.459 e. The van der Waals surface area contributed by atoms with Gasteiger partial charge >= 0.3 is 5.97 Å². The maximum atomic E-state index is 12.7. The summed E-state index contributed by atoms with van der Waals surface area (Å²) in [5.41, 5.74) is -0.696. The lowest BCUT2D eigenvalue weighted by Crippen LogP contribution is -2.44. The van der Waals surface area contributed by atoms with Crippen LogP contribution in [0.15, 0.2) is 30.3 Å². The van der Waals surface area contributed by atoms with Crippen molar-refractivity contribution in [2.24, 2.45) is 5.41 Å². The average molecular weight is 289 g/mol. The summed E-state index contributed by atoms with van der Waals surface area (Å²) in [6.45, 7) is 6.06. The summed E-state index contributed by atoms with van der Waals surface area (Å²) < 4.78 is 5.53. The minimum absolute atomic E-state index is 0.138. The van der Waals surface area contributed by atoms with Gasteiger partial charge in [0.2, 0.25) is 5.91 Å². The highest BCUT2D eigenvalue weighted by Gasteiger charge is 2.53. The van der Waals surface area contributed by atoms with Crippen LogP contribution in [0.5, 0.6) is 0 Å². The number of benzene rings is 1. The zero-order valence-corrected chi connectivity index (χ0v) is 13.2. The van der Waals surface area contributed by atoms with Gasteiger partial charge in [-0.2, -0.15) is 0 Å². The molecule has 21 heavy (non-hydrogen) atoms. The number of hydrogen-bond donors (Lipinski definition) is 0. The Kier molecular flexibility index (Phi) is 4.08. The molecule has 1 aliphatic rings. The van der Waals surface area contributed by atoms with Gasteiger partial charge in [0.05, 0.1) is 0 Å². The Morgan fingerprint density at radius 1 is 1.29 bits per heavy atom. The quantitative estimate of drug-likeness (QED) is 0.634. The van der Waals surface area contributed by atoms with Crippen molar-refractivity contribution >= 4 is 11.9 Å². The fourth-order valence-corrected chi connectivity index (χ4v) is 2.68. The number of carbonyl (C=O) groups is 2. The number of nitrogens with zero attached hydrogens (tertiary/aromatic N) is 1. The summed E-state index contributed by atoms with van der Waals surface area (Å²) in [5.74, 6) is -0.547. The monoisotopic (exact) mass is 289 g/mol. The maximum Gasteiger partial charge on any atom is 0.322 e. The second-order valence-electron chi connectivity index (χ2n) is 6.72. The van der Waals surface area contributed by atoms with Crippen molar-refractivity contribution in [1.82, 2.24) is 4.90 Å². The fraction of sp³-hybridized carbons (Fsp3) is 0.529. The van der Waals surface area contributed by atoms with E-state index in [1.54, 1.807) is 11.9 Å². The van der Waals surface area contributed by atoms with Crippen LogP contribution in [0.25, 0.3) is 0 Å². The molecular weight excluding hydrogens is 266 g/mol. The van der Waals surface area contributed by atoms with Crippen LogP contribution in [0.1, 0.15) is 32.8 Å². The Labute approximate surface area is 126 Å². The van der Waals surface area contributed by atoms with Crippen molar-refractivity contribution in [1.29, 1.82) is 0 Å². The first-order chi connectivity index (χ1) is 9.74. The maximum absolute atomic E-state index is 12.7. The molecule has 2 rings (SSSR count). The van der Waals surface area contributed by atoms with Crippen LogP contribution < -0.4 is 0 Å². The van der Waals surface area contributed by atoms with E-state index in [0.29, 0.717) is 19.4 Å². The van der Waals surface area contributed by atoms with Gasteiger partial charge in [-0.15, -0.1) is 0 Å². The molecule has 4 nitrogen and oxygen atoms in total. The van der Waals surface area contributed by atoms with Crippen LogP contribution in [-0.2, 0) is 20.7 Å². The molecule has 1 unspecified atom stereocenters. The molecule has 0 aromatic heterocycles. The third-order valence-electron chi connectivity index (χ3n) is 3.77. The van der Waals surface area contributed by atoms with E-state index in [1.165, 1.54) is 0 Å². The van der Waals surface area contributed by atoms with E-state index < -0.39 is 17.0 Å². The number of hydrogen-bond acceptors (Lipinski definition) is 3. The molecule has 1 heterocycles. The molecule has 0 saturated carbocycles. The molecule has 0 radical (unpaired) electrons. The van der Waals surface area contributed by atoms with Gasteiger partial charge in [0, 0.05) is 13.6 Å². The lowest BCUT2D eigenvalue weighted by molar-refractivity contribution is -0.170. The van der Waals surface area contributed by atoms with Crippen molar-refractivity contribution in [3.05, 3.63) is 35.9 Å². The van der Waals surface area contributed by atoms with Crippen LogP contribution in [0, 0.1) is 5.41 Å². The van der Waals surface area contributed by atoms with Gasteiger partial charge in [0.1, 0.15) is 5.60 Å². The molecule has 4 heteroatoms. The average Bonchev–Trinajstić information content (AvgIpc) is 2.68. The van der Waals surface area contributed by atoms with Crippen LogP contribution in [-0.4, -0.2) is 36.0 Å². The first-order valence-corrected chi connectivity index (χ1v) is 7.27. The Morgan fingerprint density at radius 3 is 2.38 bits per heavy atom. The normalized spacial score (nSPS) is 22.5. The molecule has 1 saturated heterocycles. The summed E-state index contributed by atoms with van der Waals surface area (Å²) in [6, 6.07) is 9.64. The zero-order valence-electron chi connectivity index (χ0n) is 13.2. The van der Waals surface area contributed by atoms with E-state index in [1.807, 2.05) is 51.1 Å². The van der Waals surface area contributed by atoms with Gasteiger partial charge in [-0.3, -0.25) is 9.59 Å². The van der Waals surface area contributed by atoms with Gasteiger partial charge in [-0.25, -0.2) is 0 Å². The number of ether oxygens (including phenoxy) is 1. The van der Waals surface area contributed by atoms with Gasteiger partial charge in [0.25, 0.3) is 0 Å². The summed E-state index contributed by atoms with van der Waals surface area (Å²) in [6.07, 6.45) is 0.901. The summed E-state index contributed by atoms with van der Waals surface area (Å²) >= 11 is 0.